The molecule has 0 radical (unpaired) electrons. The first kappa shape index (κ1) is 12.2. The quantitative estimate of drug-likeness (QED) is 0.752. The predicted molar refractivity (Wildman–Crippen MR) is 78.1 cm³/mol. The Kier molecular flexibility index (Phi) is 2.93. The van der Waals surface area contributed by atoms with Crippen LogP contribution in [-0.2, 0) is 5.75 Å². The van der Waals surface area contributed by atoms with Gasteiger partial charge in [-0.05, 0) is 25.0 Å². The Hall–Kier alpha value is -1.53. The second kappa shape index (κ2) is 4.79. The van der Waals surface area contributed by atoms with Gasteiger partial charge in [0.15, 0.2) is 0 Å². The summed E-state index contributed by atoms with van der Waals surface area (Å²) in [6, 6.07) is 3.76. The molecule has 5 nitrogen and oxygen atoms in total. The van der Waals surface area contributed by atoms with Gasteiger partial charge in [0, 0.05) is 24.1 Å². The molecular formula is C13H12ClN5S. The van der Waals surface area contributed by atoms with Crippen molar-refractivity contribution in [3.8, 4) is 0 Å². The first-order valence-corrected chi connectivity index (χ1v) is 7.82. The zero-order valence-corrected chi connectivity index (χ0v) is 12.2. The normalized spacial score (nSPS) is 15.1. The van der Waals surface area contributed by atoms with E-state index in [0.717, 1.165) is 28.1 Å². The van der Waals surface area contributed by atoms with Crippen molar-refractivity contribution < 1.29 is 0 Å². The van der Waals surface area contributed by atoms with Gasteiger partial charge in [0.2, 0.25) is 5.16 Å². The summed E-state index contributed by atoms with van der Waals surface area (Å²) in [6.07, 6.45) is 6.30. The lowest BCUT2D eigenvalue weighted by Crippen LogP contribution is -1.82. The summed E-state index contributed by atoms with van der Waals surface area (Å²) in [4.78, 5) is 9.04. The standard InChI is InChI=1S/C13H12ClN5S/c14-9-3-4-11-15-10(6-19(11)5-9)7-20-13-16-12(17-18-13)8-1-2-8/h3-6,8H,1-2,7H2,(H,16,17,18). The molecule has 102 valence electrons. The number of aromatic amines is 1. The summed E-state index contributed by atoms with van der Waals surface area (Å²) in [5.41, 5.74) is 1.90. The van der Waals surface area contributed by atoms with Crippen LogP contribution in [0.5, 0.6) is 0 Å². The van der Waals surface area contributed by atoms with E-state index in [-0.39, 0.29) is 0 Å². The van der Waals surface area contributed by atoms with Crippen LogP contribution in [0, 0.1) is 0 Å². The van der Waals surface area contributed by atoms with E-state index in [1.54, 1.807) is 11.8 Å². The van der Waals surface area contributed by atoms with Crippen LogP contribution in [-0.4, -0.2) is 24.6 Å². The van der Waals surface area contributed by atoms with Crippen LogP contribution >= 0.6 is 23.4 Å². The fourth-order valence-corrected chi connectivity index (χ4v) is 2.94. The molecule has 1 aliphatic rings. The van der Waals surface area contributed by atoms with E-state index in [1.807, 2.05) is 28.9 Å². The SMILES string of the molecule is Clc1ccc2nc(CSc3n[nH]c(C4CC4)n3)cn2c1. The Bertz CT molecular complexity index is 761. The van der Waals surface area contributed by atoms with Crippen molar-refractivity contribution in [2.45, 2.75) is 29.7 Å². The van der Waals surface area contributed by atoms with Crippen molar-refractivity contribution in [2.75, 3.05) is 0 Å². The number of fused-ring (bicyclic) bond motifs is 1. The first-order chi connectivity index (χ1) is 9.78. The van der Waals surface area contributed by atoms with Crippen LogP contribution in [0.1, 0.15) is 30.3 Å². The molecule has 0 atom stereocenters. The molecule has 0 amide bonds. The number of hydrogen-bond donors (Lipinski definition) is 1. The average Bonchev–Trinajstić information content (AvgIpc) is 3.04. The number of thioether (sulfide) groups is 1. The first-order valence-electron chi connectivity index (χ1n) is 6.46. The maximum absolute atomic E-state index is 5.96. The lowest BCUT2D eigenvalue weighted by Gasteiger charge is -1.91. The highest BCUT2D eigenvalue weighted by molar-refractivity contribution is 7.98. The smallest absolute Gasteiger partial charge is 0.208 e. The number of halogens is 1. The third-order valence-corrected chi connectivity index (χ3v) is 4.36. The average molecular weight is 306 g/mol. The highest BCUT2D eigenvalue weighted by Gasteiger charge is 2.27. The predicted octanol–water partition coefficient (Wildman–Crippen LogP) is 3.28. The van der Waals surface area contributed by atoms with Crippen molar-refractivity contribution in [2.24, 2.45) is 0 Å². The van der Waals surface area contributed by atoms with Crippen molar-refractivity contribution in [3.05, 3.63) is 41.1 Å². The second-order valence-corrected chi connectivity index (χ2v) is 6.29. The van der Waals surface area contributed by atoms with Gasteiger partial charge in [0.1, 0.15) is 11.5 Å². The number of rotatable bonds is 4. The number of aromatic nitrogens is 5. The monoisotopic (exact) mass is 305 g/mol. The topological polar surface area (TPSA) is 58.9 Å². The minimum atomic E-state index is 0.606. The van der Waals surface area contributed by atoms with Gasteiger partial charge in [-0.1, -0.05) is 23.4 Å². The lowest BCUT2D eigenvalue weighted by molar-refractivity contribution is 0.932. The molecule has 3 heterocycles. The van der Waals surface area contributed by atoms with Gasteiger partial charge < -0.3 is 4.40 Å². The summed E-state index contributed by atoms with van der Waals surface area (Å²) in [5.74, 6) is 2.38. The fraction of sp³-hybridized carbons (Fsp3) is 0.308. The largest absolute Gasteiger partial charge is 0.305 e. The molecule has 0 saturated heterocycles. The molecule has 20 heavy (non-hydrogen) atoms. The van der Waals surface area contributed by atoms with Gasteiger partial charge in [-0.3, -0.25) is 5.10 Å². The van der Waals surface area contributed by atoms with E-state index in [4.69, 9.17) is 11.6 Å². The molecule has 4 rings (SSSR count). The van der Waals surface area contributed by atoms with E-state index in [2.05, 4.69) is 20.2 Å². The minimum absolute atomic E-state index is 0.606. The van der Waals surface area contributed by atoms with E-state index >= 15 is 0 Å². The third kappa shape index (κ3) is 2.41. The van der Waals surface area contributed by atoms with Gasteiger partial charge in [-0.2, -0.15) is 0 Å². The number of hydrogen-bond acceptors (Lipinski definition) is 4. The molecular weight excluding hydrogens is 294 g/mol. The van der Waals surface area contributed by atoms with Crippen LogP contribution in [0.15, 0.2) is 29.7 Å². The lowest BCUT2D eigenvalue weighted by atomic mass is 10.4. The van der Waals surface area contributed by atoms with Crippen molar-refractivity contribution >= 4 is 29.0 Å². The van der Waals surface area contributed by atoms with E-state index in [0.29, 0.717) is 10.9 Å². The van der Waals surface area contributed by atoms with Crippen LogP contribution in [0.2, 0.25) is 5.02 Å². The number of H-pyrrole nitrogens is 1. The summed E-state index contributed by atoms with van der Waals surface area (Å²) in [5, 5.41) is 8.74. The van der Waals surface area contributed by atoms with E-state index in [1.165, 1.54) is 12.8 Å². The molecule has 1 saturated carbocycles. The zero-order valence-electron chi connectivity index (χ0n) is 10.6. The fourth-order valence-electron chi connectivity index (χ4n) is 2.09. The van der Waals surface area contributed by atoms with E-state index in [9.17, 15) is 0 Å². The molecule has 0 aliphatic heterocycles. The van der Waals surface area contributed by atoms with Crippen LogP contribution < -0.4 is 0 Å². The molecule has 0 spiro atoms. The molecule has 0 aromatic carbocycles. The highest BCUT2D eigenvalue weighted by Crippen LogP contribution is 2.38. The van der Waals surface area contributed by atoms with Gasteiger partial charge >= 0.3 is 0 Å². The molecule has 1 N–H and O–H groups in total. The zero-order chi connectivity index (χ0) is 13.5. The highest BCUT2D eigenvalue weighted by atomic mass is 35.5. The summed E-state index contributed by atoms with van der Waals surface area (Å²) in [7, 11) is 0. The Morgan fingerprint density at radius 3 is 3.05 bits per heavy atom. The number of nitrogens with zero attached hydrogens (tertiary/aromatic N) is 4. The van der Waals surface area contributed by atoms with Gasteiger partial charge in [0.05, 0.1) is 10.7 Å². The molecule has 1 aliphatic carbocycles. The summed E-state index contributed by atoms with van der Waals surface area (Å²) in [6.45, 7) is 0. The van der Waals surface area contributed by atoms with Crippen molar-refractivity contribution in [3.63, 3.8) is 0 Å². The Labute approximate surface area is 124 Å². The molecule has 1 fully saturated rings. The van der Waals surface area contributed by atoms with Gasteiger partial charge in [-0.15, -0.1) is 5.10 Å². The van der Waals surface area contributed by atoms with Crippen molar-refractivity contribution in [1.29, 1.82) is 0 Å². The van der Waals surface area contributed by atoms with Gasteiger partial charge in [0.25, 0.3) is 0 Å². The Balaban J connectivity index is 1.48. The molecule has 7 heteroatoms. The third-order valence-electron chi connectivity index (χ3n) is 3.26. The van der Waals surface area contributed by atoms with Gasteiger partial charge in [-0.25, -0.2) is 9.97 Å². The maximum atomic E-state index is 5.96. The number of nitrogens with one attached hydrogen (secondary N) is 1. The number of pyridine rings is 1. The molecule has 3 aromatic heterocycles. The Morgan fingerprint density at radius 1 is 1.30 bits per heavy atom. The summed E-state index contributed by atoms with van der Waals surface area (Å²) < 4.78 is 1.94. The van der Waals surface area contributed by atoms with Crippen LogP contribution in [0.25, 0.3) is 5.65 Å². The number of imidazole rings is 1. The molecule has 0 unspecified atom stereocenters. The minimum Gasteiger partial charge on any atom is -0.305 e. The second-order valence-electron chi connectivity index (χ2n) is 4.91. The molecule has 0 bridgehead atoms. The molecule has 3 aromatic rings. The van der Waals surface area contributed by atoms with Crippen LogP contribution in [0.3, 0.4) is 0 Å². The summed E-state index contributed by atoms with van der Waals surface area (Å²) >= 11 is 7.56. The van der Waals surface area contributed by atoms with E-state index < -0.39 is 0 Å². The van der Waals surface area contributed by atoms with Crippen LogP contribution in [0.4, 0.5) is 0 Å². The van der Waals surface area contributed by atoms with Crippen molar-refractivity contribution in [1.82, 2.24) is 24.6 Å². The maximum Gasteiger partial charge on any atom is 0.208 e. The Morgan fingerprint density at radius 2 is 2.20 bits per heavy atom.